The maximum Gasteiger partial charge on any atom is 0.421 e. The standard InChI is InChI=1S/C30H30F3N7O/c1-40(26-7-3-2-5-23(26)27(34)41)28-24(30(31,32)33)18-37-29(39-28)38-22-12-8-19(9-13-22)17-36-21-14-10-20(11-15-21)25-6-4-16-35-25/h2-3,5,7-15,18,25,35-36H,4,6,16-17H2,1H3,(H2,34,41)(H,37,38,39). The fourth-order valence-corrected chi connectivity index (χ4v) is 4.82. The molecule has 8 nitrogen and oxygen atoms in total. The molecule has 3 aromatic carbocycles. The number of hydrogen-bond acceptors (Lipinski definition) is 7. The second-order valence-corrected chi connectivity index (χ2v) is 9.82. The van der Waals surface area contributed by atoms with Crippen molar-refractivity contribution in [2.45, 2.75) is 31.6 Å². The lowest BCUT2D eigenvalue weighted by Gasteiger charge is -2.24. The number of aromatic nitrogens is 2. The number of benzene rings is 3. The second kappa shape index (κ2) is 11.8. The number of para-hydroxylation sites is 1. The van der Waals surface area contributed by atoms with Crippen molar-refractivity contribution >= 4 is 34.7 Å². The quantitative estimate of drug-likeness (QED) is 0.194. The van der Waals surface area contributed by atoms with Gasteiger partial charge in [0.2, 0.25) is 5.95 Å². The van der Waals surface area contributed by atoms with E-state index in [1.807, 2.05) is 12.1 Å². The fourth-order valence-electron chi connectivity index (χ4n) is 4.82. The first-order valence-electron chi connectivity index (χ1n) is 13.2. The molecule has 2 heterocycles. The molecular weight excluding hydrogens is 531 g/mol. The van der Waals surface area contributed by atoms with Crippen molar-refractivity contribution in [2.75, 3.05) is 29.1 Å². The lowest BCUT2D eigenvalue weighted by Crippen LogP contribution is -2.22. The van der Waals surface area contributed by atoms with Crippen molar-refractivity contribution in [3.8, 4) is 0 Å². The molecule has 11 heteroatoms. The molecule has 1 amide bonds. The first kappa shape index (κ1) is 27.9. The number of rotatable bonds is 9. The molecule has 1 aliphatic rings. The number of primary amides is 1. The predicted octanol–water partition coefficient (Wildman–Crippen LogP) is 6.14. The zero-order valence-corrected chi connectivity index (χ0v) is 22.4. The van der Waals surface area contributed by atoms with Gasteiger partial charge in [0.15, 0.2) is 5.82 Å². The molecule has 212 valence electrons. The molecule has 0 radical (unpaired) electrons. The van der Waals surface area contributed by atoms with Crippen molar-refractivity contribution in [3.63, 3.8) is 0 Å². The Morgan fingerprint density at radius 2 is 1.76 bits per heavy atom. The van der Waals surface area contributed by atoms with Crippen LogP contribution in [0.3, 0.4) is 0 Å². The molecule has 0 saturated carbocycles. The number of alkyl halides is 3. The Kier molecular flexibility index (Phi) is 8.06. The molecule has 1 aromatic heterocycles. The minimum absolute atomic E-state index is 0.0286. The number of hydrogen-bond donors (Lipinski definition) is 4. The van der Waals surface area contributed by atoms with E-state index in [0.717, 1.165) is 30.4 Å². The van der Waals surface area contributed by atoms with Crippen LogP contribution in [0.4, 0.5) is 42.0 Å². The van der Waals surface area contributed by atoms with E-state index in [4.69, 9.17) is 5.73 Å². The molecule has 5 rings (SSSR count). The molecule has 41 heavy (non-hydrogen) atoms. The van der Waals surface area contributed by atoms with Crippen LogP contribution in [0, 0.1) is 0 Å². The fraction of sp³-hybridized carbons (Fsp3) is 0.233. The summed E-state index contributed by atoms with van der Waals surface area (Å²) in [5.41, 5.74) is 8.60. The van der Waals surface area contributed by atoms with E-state index < -0.39 is 23.5 Å². The van der Waals surface area contributed by atoms with E-state index in [2.05, 4.69) is 50.2 Å². The van der Waals surface area contributed by atoms with Crippen LogP contribution in [0.1, 0.15) is 45.9 Å². The minimum Gasteiger partial charge on any atom is -0.381 e. The maximum atomic E-state index is 13.8. The molecule has 5 N–H and O–H groups in total. The summed E-state index contributed by atoms with van der Waals surface area (Å²) in [5, 5.41) is 9.87. The first-order chi connectivity index (χ1) is 19.7. The third-order valence-corrected chi connectivity index (χ3v) is 7.00. The number of anilines is 5. The molecule has 1 unspecified atom stereocenters. The number of carbonyl (C=O) groups excluding carboxylic acids is 1. The predicted molar refractivity (Wildman–Crippen MR) is 154 cm³/mol. The Morgan fingerprint density at radius 1 is 1.05 bits per heavy atom. The van der Waals surface area contributed by atoms with E-state index in [1.54, 1.807) is 24.3 Å². The van der Waals surface area contributed by atoms with Crippen LogP contribution >= 0.6 is 0 Å². The summed E-state index contributed by atoms with van der Waals surface area (Å²) in [4.78, 5) is 21.1. The van der Waals surface area contributed by atoms with E-state index >= 15 is 0 Å². The number of halogens is 3. The Labute approximate surface area is 235 Å². The van der Waals surface area contributed by atoms with Crippen LogP contribution in [0.5, 0.6) is 0 Å². The average Bonchev–Trinajstić information content (AvgIpc) is 3.51. The topological polar surface area (TPSA) is 108 Å². The molecule has 1 saturated heterocycles. The van der Waals surface area contributed by atoms with Crippen molar-refractivity contribution in [2.24, 2.45) is 5.73 Å². The summed E-state index contributed by atoms with van der Waals surface area (Å²) in [6.07, 6.45) is -1.64. The molecule has 4 aromatic rings. The Balaban J connectivity index is 1.29. The zero-order chi connectivity index (χ0) is 29.0. The third-order valence-electron chi connectivity index (χ3n) is 7.00. The highest BCUT2D eigenvalue weighted by Gasteiger charge is 2.37. The van der Waals surface area contributed by atoms with E-state index in [1.165, 1.54) is 36.1 Å². The summed E-state index contributed by atoms with van der Waals surface area (Å²) >= 11 is 0. The van der Waals surface area contributed by atoms with Crippen LogP contribution in [-0.2, 0) is 12.7 Å². The van der Waals surface area contributed by atoms with Gasteiger partial charge in [0, 0.05) is 37.2 Å². The van der Waals surface area contributed by atoms with Crippen molar-refractivity contribution in [1.29, 1.82) is 0 Å². The highest BCUT2D eigenvalue weighted by atomic mass is 19.4. The van der Waals surface area contributed by atoms with E-state index in [0.29, 0.717) is 18.3 Å². The SMILES string of the molecule is CN(c1ccccc1C(N)=O)c1nc(Nc2ccc(CNc3ccc(C4CCCN4)cc3)cc2)ncc1C(F)(F)F. The Hall–Kier alpha value is -4.64. The van der Waals surface area contributed by atoms with Crippen LogP contribution in [0.25, 0.3) is 0 Å². The number of carbonyl (C=O) groups is 1. The minimum atomic E-state index is -4.72. The Bertz CT molecular complexity index is 1500. The van der Waals surface area contributed by atoms with Gasteiger partial charge in [0.05, 0.1) is 11.3 Å². The smallest absolute Gasteiger partial charge is 0.381 e. The molecule has 0 bridgehead atoms. The zero-order valence-electron chi connectivity index (χ0n) is 22.4. The Morgan fingerprint density at radius 3 is 2.41 bits per heavy atom. The number of nitrogens with two attached hydrogens (primary N) is 1. The maximum absolute atomic E-state index is 13.8. The van der Waals surface area contributed by atoms with Gasteiger partial charge in [0.1, 0.15) is 5.56 Å². The number of nitrogens with one attached hydrogen (secondary N) is 3. The molecule has 1 atom stereocenters. The molecule has 0 aliphatic carbocycles. The van der Waals surface area contributed by atoms with Crippen molar-refractivity contribution < 1.29 is 18.0 Å². The van der Waals surface area contributed by atoms with Crippen molar-refractivity contribution in [3.05, 3.63) is 101 Å². The number of nitrogens with zero attached hydrogens (tertiary/aromatic N) is 3. The summed E-state index contributed by atoms with van der Waals surface area (Å²) in [6.45, 7) is 1.66. The van der Waals surface area contributed by atoms with Crippen LogP contribution < -0.4 is 26.6 Å². The van der Waals surface area contributed by atoms with Crippen LogP contribution in [0.15, 0.2) is 79.0 Å². The van der Waals surface area contributed by atoms with Crippen LogP contribution in [-0.4, -0.2) is 29.5 Å². The third kappa shape index (κ3) is 6.58. The highest BCUT2D eigenvalue weighted by molar-refractivity contribution is 5.99. The van der Waals surface area contributed by atoms with E-state index in [-0.39, 0.29) is 17.2 Å². The van der Waals surface area contributed by atoms with Crippen molar-refractivity contribution in [1.82, 2.24) is 15.3 Å². The highest BCUT2D eigenvalue weighted by Crippen LogP contribution is 2.38. The van der Waals surface area contributed by atoms with Gasteiger partial charge in [-0.2, -0.15) is 18.2 Å². The molecular formula is C30H30F3N7O. The lowest BCUT2D eigenvalue weighted by atomic mass is 10.1. The average molecular weight is 562 g/mol. The second-order valence-electron chi connectivity index (χ2n) is 9.82. The van der Waals surface area contributed by atoms with Gasteiger partial charge in [-0.05, 0) is 66.9 Å². The van der Waals surface area contributed by atoms with Gasteiger partial charge in [-0.25, -0.2) is 4.98 Å². The van der Waals surface area contributed by atoms with Gasteiger partial charge < -0.3 is 26.6 Å². The normalized spacial score (nSPS) is 15.0. The van der Waals surface area contributed by atoms with Gasteiger partial charge in [-0.1, -0.05) is 36.4 Å². The summed E-state index contributed by atoms with van der Waals surface area (Å²) in [5.74, 6) is -1.21. The first-order valence-corrected chi connectivity index (χ1v) is 13.2. The lowest BCUT2D eigenvalue weighted by molar-refractivity contribution is -0.137. The molecule has 1 aliphatic heterocycles. The van der Waals surface area contributed by atoms with Gasteiger partial charge in [0.25, 0.3) is 5.91 Å². The largest absolute Gasteiger partial charge is 0.421 e. The summed E-state index contributed by atoms with van der Waals surface area (Å²) in [6, 6.07) is 22.4. The molecule has 1 fully saturated rings. The van der Waals surface area contributed by atoms with Gasteiger partial charge >= 0.3 is 6.18 Å². The van der Waals surface area contributed by atoms with Gasteiger partial charge in [-0.15, -0.1) is 0 Å². The monoisotopic (exact) mass is 561 g/mol. The van der Waals surface area contributed by atoms with Gasteiger partial charge in [-0.3, -0.25) is 4.79 Å². The number of amides is 1. The van der Waals surface area contributed by atoms with E-state index in [9.17, 15) is 18.0 Å². The summed E-state index contributed by atoms with van der Waals surface area (Å²) < 4.78 is 41.5. The summed E-state index contributed by atoms with van der Waals surface area (Å²) in [7, 11) is 1.39. The molecule has 0 spiro atoms. The van der Waals surface area contributed by atoms with Crippen LogP contribution in [0.2, 0.25) is 0 Å².